The molecule has 0 fully saturated rings. The summed E-state index contributed by atoms with van der Waals surface area (Å²) in [5.41, 5.74) is 0. The van der Waals surface area contributed by atoms with Crippen LogP contribution in [0.25, 0.3) is 0 Å². The Morgan fingerprint density at radius 2 is 1.90 bits per heavy atom. The van der Waals surface area contributed by atoms with Gasteiger partial charge in [-0.25, -0.2) is 0 Å². The summed E-state index contributed by atoms with van der Waals surface area (Å²) in [5.74, 6) is 0.645. The van der Waals surface area contributed by atoms with Gasteiger partial charge in [-0.3, -0.25) is 4.79 Å². The summed E-state index contributed by atoms with van der Waals surface area (Å²) in [5, 5.41) is 0. The van der Waals surface area contributed by atoms with Crippen molar-refractivity contribution < 1.29 is 4.79 Å². The summed E-state index contributed by atoms with van der Waals surface area (Å²) in [6.07, 6.45) is 4.13. The predicted octanol–water partition coefficient (Wildman–Crippen LogP) is 1.42. The Morgan fingerprint density at radius 3 is 2.20 bits per heavy atom. The molecule has 2 nitrogen and oxygen atoms in total. The van der Waals surface area contributed by atoms with Crippen LogP contribution in [-0.2, 0) is 4.79 Å². The Kier molecular flexibility index (Phi) is 4.99. The summed E-state index contributed by atoms with van der Waals surface area (Å²) in [6, 6.07) is 0. The number of hydrogen-bond donors (Lipinski definition) is 0. The molecule has 2 heteroatoms. The fraction of sp³-hybridized carbons (Fsp3) is 0.875. The number of nitrogens with zero attached hydrogens (tertiary/aromatic N) is 1. The van der Waals surface area contributed by atoms with Gasteiger partial charge in [0, 0.05) is 13.6 Å². The Morgan fingerprint density at radius 1 is 1.40 bits per heavy atom. The van der Waals surface area contributed by atoms with E-state index in [-0.39, 0.29) is 0 Å². The molecule has 0 N–H and O–H groups in total. The van der Waals surface area contributed by atoms with Gasteiger partial charge < -0.3 is 4.90 Å². The average molecular weight is 142 g/mol. The van der Waals surface area contributed by atoms with Crippen LogP contribution in [0, 0.1) is 5.92 Å². The maximum atomic E-state index is 10.1. The lowest BCUT2D eigenvalue weighted by molar-refractivity contribution is 0.346. The molecule has 0 atom stereocenters. The maximum absolute atomic E-state index is 10.1. The smallest absolute Gasteiger partial charge is 0.311 e. The van der Waals surface area contributed by atoms with Gasteiger partial charge in [-0.2, -0.15) is 0 Å². The van der Waals surface area contributed by atoms with Crippen molar-refractivity contribution in [3.63, 3.8) is 0 Å². The van der Waals surface area contributed by atoms with E-state index in [1.165, 1.54) is 0 Å². The third-order valence-corrected chi connectivity index (χ3v) is 1.84. The highest BCUT2D eigenvalue weighted by atomic mass is 16.1. The van der Waals surface area contributed by atoms with Gasteiger partial charge in [-0.05, 0) is 5.92 Å². The van der Waals surface area contributed by atoms with Gasteiger partial charge in [0.1, 0.15) is 0 Å². The minimum atomic E-state index is 0.645. The zero-order valence-corrected chi connectivity index (χ0v) is 7.05. The molecule has 0 aliphatic carbocycles. The highest BCUT2D eigenvalue weighted by molar-refractivity contribution is 5.47. The van der Waals surface area contributed by atoms with E-state index >= 15 is 0 Å². The fourth-order valence-electron chi connectivity index (χ4n) is 0.971. The van der Waals surface area contributed by atoms with Gasteiger partial charge in [0.15, 0.2) is 0 Å². The lowest BCUT2D eigenvalue weighted by atomic mass is 10.0. The van der Waals surface area contributed by atoms with Crippen molar-refractivity contribution in [1.29, 1.82) is 0 Å². The van der Waals surface area contributed by atoms with Crippen LogP contribution in [0.1, 0.15) is 26.7 Å². The maximum Gasteiger partial charge on any atom is 0.311 e. The van der Waals surface area contributed by atoms with E-state index in [1.807, 2.05) is 6.41 Å². The van der Waals surface area contributed by atoms with Crippen molar-refractivity contribution >= 4 is 6.41 Å². The Balaban J connectivity index is 3.51. The Bertz CT molecular complexity index is 89.3. The monoisotopic (exact) mass is 142 g/mol. The van der Waals surface area contributed by atoms with Crippen molar-refractivity contribution in [2.45, 2.75) is 26.7 Å². The van der Waals surface area contributed by atoms with Gasteiger partial charge in [0.25, 0.3) is 0 Å². The van der Waals surface area contributed by atoms with E-state index in [0.717, 1.165) is 19.4 Å². The summed E-state index contributed by atoms with van der Waals surface area (Å²) in [4.78, 5) is 11.7. The van der Waals surface area contributed by atoms with Crippen molar-refractivity contribution in [1.82, 2.24) is 4.90 Å². The lowest BCUT2D eigenvalue weighted by Gasteiger charge is -2.16. The molecule has 1 radical (unpaired) electrons. The number of hydrogen-bond acceptors (Lipinski definition) is 1. The van der Waals surface area contributed by atoms with E-state index in [2.05, 4.69) is 13.8 Å². The molecule has 59 valence electrons. The van der Waals surface area contributed by atoms with Gasteiger partial charge in [-0.15, -0.1) is 0 Å². The molecule has 0 heterocycles. The largest absolute Gasteiger partial charge is 0.337 e. The van der Waals surface area contributed by atoms with Crippen LogP contribution in [0.5, 0.6) is 0 Å². The van der Waals surface area contributed by atoms with Gasteiger partial charge in [0.2, 0.25) is 0 Å². The summed E-state index contributed by atoms with van der Waals surface area (Å²) >= 11 is 0. The van der Waals surface area contributed by atoms with E-state index in [9.17, 15) is 4.79 Å². The molecule has 0 unspecified atom stereocenters. The predicted molar refractivity (Wildman–Crippen MR) is 42.4 cm³/mol. The van der Waals surface area contributed by atoms with E-state index in [0.29, 0.717) is 5.92 Å². The zero-order valence-electron chi connectivity index (χ0n) is 7.05. The molecule has 0 aliphatic rings. The first kappa shape index (κ1) is 9.47. The Hall–Kier alpha value is -0.530. The fourth-order valence-corrected chi connectivity index (χ4v) is 0.971. The van der Waals surface area contributed by atoms with Crippen molar-refractivity contribution in [2.75, 3.05) is 13.6 Å². The van der Waals surface area contributed by atoms with Crippen LogP contribution in [-0.4, -0.2) is 24.9 Å². The van der Waals surface area contributed by atoms with Gasteiger partial charge in [0.05, 0.1) is 0 Å². The molecule has 0 rings (SSSR count). The second-order valence-electron chi connectivity index (χ2n) is 2.65. The molecule has 0 bridgehead atoms. The van der Waals surface area contributed by atoms with E-state index in [1.54, 1.807) is 11.9 Å². The molecule has 0 aromatic carbocycles. The van der Waals surface area contributed by atoms with Crippen LogP contribution in [0.2, 0.25) is 0 Å². The van der Waals surface area contributed by atoms with Crippen LogP contribution >= 0.6 is 0 Å². The quantitative estimate of drug-likeness (QED) is 0.532. The molecule has 0 spiro atoms. The zero-order chi connectivity index (χ0) is 7.98. The van der Waals surface area contributed by atoms with Crippen molar-refractivity contribution in [3.8, 4) is 0 Å². The Labute approximate surface area is 63.2 Å². The first-order valence-corrected chi connectivity index (χ1v) is 3.83. The highest BCUT2D eigenvalue weighted by Gasteiger charge is 2.05. The van der Waals surface area contributed by atoms with Crippen molar-refractivity contribution in [3.05, 3.63) is 0 Å². The lowest BCUT2D eigenvalue weighted by Crippen LogP contribution is -2.23. The normalized spacial score (nSPS) is 10.0. The summed E-state index contributed by atoms with van der Waals surface area (Å²) < 4.78 is 0. The number of carbonyl (C=O) groups excluding carboxylic acids is 1. The molecule has 0 aliphatic heterocycles. The second-order valence-corrected chi connectivity index (χ2v) is 2.65. The van der Waals surface area contributed by atoms with Gasteiger partial charge in [-0.1, -0.05) is 26.7 Å². The van der Waals surface area contributed by atoms with Gasteiger partial charge >= 0.3 is 6.41 Å². The first-order chi connectivity index (χ1) is 4.74. The molecule has 0 saturated heterocycles. The molecule has 10 heavy (non-hydrogen) atoms. The van der Waals surface area contributed by atoms with E-state index in [4.69, 9.17) is 0 Å². The summed E-state index contributed by atoms with van der Waals surface area (Å²) in [6.45, 7) is 5.14. The third kappa shape index (κ3) is 3.49. The minimum absolute atomic E-state index is 0.645. The highest BCUT2D eigenvalue weighted by Crippen LogP contribution is 2.07. The van der Waals surface area contributed by atoms with Crippen LogP contribution in [0.4, 0.5) is 0 Å². The topological polar surface area (TPSA) is 20.3 Å². The third-order valence-electron chi connectivity index (χ3n) is 1.84. The van der Waals surface area contributed by atoms with E-state index < -0.39 is 0 Å². The number of rotatable bonds is 5. The second kappa shape index (κ2) is 5.27. The SMILES string of the molecule is CCC(CC)CN(C)[C]=O. The molecular weight excluding hydrogens is 126 g/mol. The number of amides is 1. The molecule has 0 aromatic heterocycles. The van der Waals surface area contributed by atoms with Crippen LogP contribution in [0.3, 0.4) is 0 Å². The molecular formula is C8H16NO. The van der Waals surface area contributed by atoms with Crippen molar-refractivity contribution in [2.24, 2.45) is 5.92 Å². The molecule has 0 aromatic rings. The minimum Gasteiger partial charge on any atom is -0.337 e. The average Bonchev–Trinajstić information content (AvgIpc) is 1.99. The molecule has 1 amide bonds. The van der Waals surface area contributed by atoms with Crippen LogP contribution < -0.4 is 0 Å². The first-order valence-electron chi connectivity index (χ1n) is 3.83. The molecule has 0 saturated carbocycles. The van der Waals surface area contributed by atoms with Crippen LogP contribution in [0.15, 0.2) is 0 Å². The summed E-state index contributed by atoms with van der Waals surface area (Å²) in [7, 11) is 1.77. The standard InChI is InChI=1S/C8H16NO/c1-4-8(5-2)6-9(3)7-10/h8H,4-6H2,1-3H3.